The first kappa shape index (κ1) is 16.2. The summed E-state index contributed by atoms with van der Waals surface area (Å²) in [7, 11) is -0.0601. The number of rotatable bonds is 4. The molecule has 0 radical (unpaired) electrons. The standard InChI is InChI=1S/C14H22FN3O2S/c1-17-7-5-11(6-8-17)10-18(2)21(19,20)12-3-4-14(16)13(15)9-12/h3-4,9,11H,5-8,10,16H2,1-2H3. The van der Waals surface area contributed by atoms with Gasteiger partial charge >= 0.3 is 0 Å². The highest BCUT2D eigenvalue weighted by Crippen LogP contribution is 2.22. The van der Waals surface area contributed by atoms with Crippen LogP contribution in [-0.4, -0.2) is 51.4 Å². The number of benzene rings is 1. The van der Waals surface area contributed by atoms with Gasteiger partial charge in [0.15, 0.2) is 0 Å². The van der Waals surface area contributed by atoms with Crippen molar-refractivity contribution in [2.45, 2.75) is 17.7 Å². The maximum Gasteiger partial charge on any atom is 0.242 e. The number of piperidine rings is 1. The van der Waals surface area contributed by atoms with Crippen LogP contribution in [0.5, 0.6) is 0 Å². The Morgan fingerprint density at radius 1 is 1.38 bits per heavy atom. The van der Waals surface area contributed by atoms with Crippen LogP contribution in [0.4, 0.5) is 10.1 Å². The fraction of sp³-hybridized carbons (Fsp3) is 0.571. The van der Waals surface area contributed by atoms with Gasteiger partial charge in [0.25, 0.3) is 0 Å². The monoisotopic (exact) mass is 315 g/mol. The molecule has 0 saturated carbocycles. The summed E-state index contributed by atoms with van der Waals surface area (Å²) < 4.78 is 39.7. The number of hydrogen-bond donors (Lipinski definition) is 1. The molecule has 0 spiro atoms. The molecule has 0 atom stereocenters. The van der Waals surface area contributed by atoms with Crippen molar-refractivity contribution in [1.82, 2.24) is 9.21 Å². The van der Waals surface area contributed by atoms with Crippen LogP contribution < -0.4 is 5.73 Å². The molecule has 1 aliphatic heterocycles. The Labute approximate surface area is 125 Å². The van der Waals surface area contributed by atoms with Gasteiger partial charge in [-0.05, 0) is 57.1 Å². The average molecular weight is 315 g/mol. The van der Waals surface area contributed by atoms with Crippen LogP contribution in [0.15, 0.2) is 23.1 Å². The van der Waals surface area contributed by atoms with Crippen molar-refractivity contribution in [1.29, 1.82) is 0 Å². The van der Waals surface area contributed by atoms with Crippen LogP contribution in [0.3, 0.4) is 0 Å². The van der Waals surface area contributed by atoms with Gasteiger partial charge in [-0.1, -0.05) is 0 Å². The van der Waals surface area contributed by atoms with Crippen LogP contribution in [0.1, 0.15) is 12.8 Å². The van der Waals surface area contributed by atoms with E-state index in [1.54, 1.807) is 7.05 Å². The van der Waals surface area contributed by atoms with Gasteiger partial charge in [0.1, 0.15) is 5.82 Å². The van der Waals surface area contributed by atoms with E-state index in [9.17, 15) is 12.8 Å². The maximum absolute atomic E-state index is 13.5. The molecule has 2 rings (SSSR count). The Balaban J connectivity index is 2.09. The predicted molar refractivity (Wildman–Crippen MR) is 80.8 cm³/mol. The van der Waals surface area contributed by atoms with Crippen LogP contribution in [0.25, 0.3) is 0 Å². The molecule has 0 amide bonds. The summed E-state index contributed by atoms with van der Waals surface area (Å²) in [6.45, 7) is 2.42. The van der Waals surface area contributed by atoms with Crippen LogP contribution in [0, 0.1) is 11.7 Å². The van der Waals surface area contributed by atoms with Crippen molar-refractivity contribution in [3.63, 3.8) is 0 Å². The topological polar surface area (TPSA) is 66.6 Å². The van der Waals surface area contributed by atoms with Gasteiger partial charge in [0, 0.05) is 13.6 Å². The van der Waals surface area contributed by atoms with Crippen molar-refractivity contribution < 1.29 is 12.8 Å². The molecule has 1 saturated heterocycles. The lowest BCUT2D eigenvalue weighted by Crippen LogP contribution is -2.38. The zero-order valence-electron chi connectivity index (χ0n) is 12.4. The van der Waals surface area contributed by atoms with Gasteiger partial charge in [0.2, 0.25) is 10.0 Å². The summed E-state index contributed by atoms with van der Waals surface area (Å²) in [6, 6.07) is 3.61. The number of likely N-dealkylation sites (tertiary alicyclic amines) is 1. The van der Waals surface area contributed by atoms with E-state index in [1.165, 1.54) is 16.4 Å². The van der Waals surface area contributed by atoms with E-state index >= 15 is 0 Å². The highest BCUT2D eigenvalue weighted by molar-refractivity contribution is 7.89. The van der Waals surface area contributed by atoms with Crippen LogP contribution >= 0.6 is 0 Å². The summed E-state index contributed by atoms with van der Waals surface area (Å²) >= 11 is 0. The Bertz CT molecular complexity index is 598. The predicted octanol–water partition coefficient (Wildman–Crippen LogP) is 1.37. The SMILES string of the molecule is CN1CCC(CN(C)S(=O)(=O)c2ccc(N)c(F)c2)CC1. The highest BCUT2D eigenvalue weighted by Gasteiger charge is 2.26. The molecular weight excluding hydrogens is 293 g/mol. The van der Waals surface area contributed by atoms with Gasteiger partial charge in [-0.15, -0.1) is 0 Å². The number of hydrogen-bond acceptors (Lipinski definition) is 4. The Hall–Kier alpha value is -1.18. The third kappa shape index (κ3) is 3.72. The summed E-state index contributed by atoms with van der Waals surface area (Å²) in [5.74, 6) is -0.358. The molecule has 7 heteroatoms. The molecule has 0 unspecified atom stereocenters. The first-order valence-electron chi connectivity index (χ1n) is 7.00. The van der Waals surface area contributed by atoms with Crippen LogP contribution in [0.2, 0.25) is 0 Å². The summed E-state index contributed by atoms with van der Waals surface area (Å²) in [4.78, 5) is 2.19. The minimum atomic E-state index is -3.67. The third-order valence-corrected chi connectivity index (χ3v) is 5.85. The molecule has 21 heavy (non-hydrogen) atoms. The fourth-order valence-corrected chi connectivity index (χ4v) is 3.81. The second kappa shape index (κ2) is 6.29. The molecule has 1 aromatic rings. The number of sulfonamides is 1. The number of nitrogens with two attached hydrogens (primary N) is 1. The normalized spacial score (nSPS) is 18.3. The molecule has 1 heterocycles. The Morgan fingerprint density at radius 3 is 2.57 bits per heavy atom. The van der Waals surface area contributed by atoms with Crippen molar-refractivity contribution in [2.24, 2.45) is 5.92 Å². The van der Waals surface area contributed by atoms with E-state index in [1.807, 2.05) is 0 Å². The van der Waals surface area contributed by atoms with E-state index in [2.05, 4.69) is 11.9 Å². The van der Waals surface area contributed by atoms with E-state index in [0.29, 0.717) is 12.5 Å². The minimum Gasteiger partial charge on any atom is -0.396 e. The van der Waals surface area contributed by atoms with E-state index in [-0.39, 0.29) is 10.6 Å². The quantitative estimate of drug-likeness (QED) is 0.852. The smallest absolute Gasteiger partial charge is 0.242 e. The third-order valence-electron chi connectivity index (χ3n) is 4.03. The zero-order valence-corrected chi connectivity index (χ0v) is 13.2. The van der Waals surface area contributed by atoms with E-state index in [4.69, 9.17) is 5.73 Å². The maximum atomic E-state index is 13.5. The molecule has 1 fully saturated rings. The van der Waals surface area contributed by atoms with Gasteiger partial charge in [-0.3, -0.25) is 0 Å². The molecule has 5 nitrogen and oxygen atoms in total. The zero-order chi connectivity index (χ0) is 15.6. The molecular formula is C14H22FN3O2S. The minimum absolute atomic E-state index is 0.0491. The molecule has 118 valence electrons. The molecule has 0 aromatic heterocycles. The Kier molecular flexibility index (Phi) is 4.85. The number of anilines is 1. The molecule has 1 aromatic carbocycles. The van der Waals surface area contributed by atoms with Crippen molar-refractivity contribution >= 4 is 15.7 Å². The van der Waals surface area contributed by atoms with E-state index in [0.717, 1.165) is 32.0 Å². The average Bonchev–Trinajstić information content (AvgIpc) is 2.44. The van der Waals surface area contributed by atoms with Gasteiger partial charge in [-0.25, -0.2) is 17.1 Å². The van der Waals surface area contributed by atoms with Crippen LogP contribution in [-0.2, 0) is 10.0 Å². The van der Waals surface area contributed by atoms with Gasteiger partial charge < -0.3 is 10.6 Å². The molecule has 1 aliphatic rings. The number of nitrogen functional groups attached to an aromatic ring is 1. The second-order valence-electron chi connectivity index (χ2n) is 5.72. The lowest BCUT2D eigenvalue weighted by molar-refractivity contribution is 0.202. The molecule has 0 bridgehead atoms. The Morgan fingerprint density at radius 2 is 2.00 bits per heavy atom. The molecule has 0 aliphatic carbocycles. The lowest BCUT2D eigenvalue weighted by Gasteiger charge is -2.31. The summed E-state index contributed by atoms with van der Waals surface area (Å²) in [5.41, 5.74) is 5.33. The highest BCUT2D eigenvalue weighted by atomic mass is 32.2. The molecule has 2 N–H and O–H groups in total. The fourth-order valence-electron chi connectivity index (χ4n) is 2.55. The number of halogens is 1. The van der Waals surface area contributed by atoms with Gasteiger partial charge in [-0.2, -0.15) is 0 Å². The first-order valence-corrected chi connectivity index (χ1v) is 8.44. The number of nitrogens with zero attached hydrogens (tertiary/aromatic N) is 2. The first-order chi connectivity index (χ1) is 9.80. The van der Waals surface area contributed by atoms with Crippen molar-refractivity contribution in [3.05, 3.63) is 24.0 Å². The second-order valence-corrected chi connectivity index (χ2v) is 7.76. The van der Waals surface area contributed by atoms with E-state index < -0.39 is 15.8 Å². The largest absolute Gasteiger partial charge is 0.396 e. The van der Waals surface area contributed by atoms with Crippen molar-refractivity contribution in [3.8, 4) is 0 Å². The summed E-state index contributed by atoms with van der Waals surface area (Å²) in [5, 5.41) is 0. The summed E-state index contributed by atoms with van der Waals surface area (Å²) in [6.07, 6.45) is 1.96. The lowest BCUT2D eigenvalue weighted by atomic mass is 9.97. The van der Waals surface area contributed by atoms with Gasteiger partial charge in [0.05, 0.1) is 10.6 Å². The van der Waals surface area contributed by atoms with Crippen molar-refractivity contribution in [2.75, 3.05) is 39.5 Å².